The molecule has 0 aliphatic rings. The first-order valence-corrected chi connectivity index (χ1v) is 8.20. The quantitative estimate of drug-likeness (QED) is 0.881. The SMILES string of the molecule is CS(=O)(=O)Nc1ccc(C(=O)NCc2ccco2)cc1Cl. The molecule has 0 atom stereocenters. The predicted octanol–water partition coefficient (Wildman–Crippen LogP) is 2.23. The van der Waals surface area contributed by atoms with Gasteiger partial charge < -0.3 is 9.73 Å². The summed E-state index contributed by atoms with van der Waals surface area (Å²) in [6.45, 7) is 0.257. The molecule has 0 fully saturated rings. The van der Waals surface area contributed by atoms with Crippen molar-refractivity contribution < 1.29 is 17.6 Å². The number of benzene rings is 1. The highest BCUT2D eigenvalue weighted by atomic mass is 35.5. The highest BCUT2D eigenvalue weighted by molar-refractivity contribution is 7.92. The van der Waals surface area contributed by atoms with E-state index in [4.69, 9.17) is 16.0 Å². The molecule has 1 amide bonds. The molecule has 0 spiro atoms. The van der Waals surface area contributed by atoms with E-state index >= 15 is 0 Å². The number of carbonyl (C=O) groups excluding carboxylic acids is 1. The van der Waals surface area contributed by atoms with E-state index in [-0.39, 0.29) is 23.2 Å². The normalized spacial score (nSPS) is 11.1. The molecule has 0 radical (unpaired) electrons. The fourth-order valence-corrected chi connectivity index (χ4v) is 2.48. The molecule has 0 aliphatic heterocycles. The molecule has 0 saturated carbocycles. The molecular weight excluding hydrogens is 316 g/mol. The van der Waals surface area contributed by atoms with Crippen LogP contribution in [0.15, 0.2) is 41.0 Å². The number of carbonyl (C=O) groups is 1. The Labute approximate surface area is 127 Å². The van der Waals surface area contributed by atoms with Crippen LogP contribution in [0.5, 0.6) is 0 Å². The van der Waals surface area contributed by atoms with Crippen molar-refractivity contribution in [1.29, 1.82) is 0 Å². The Bertz CT molecular complexity index is 742. The molecule has 0 bridgehead atoms. The summed E-state index contributed by atoms with van der Waals surface area (Å²) in [5, 5.41) is 2.81. The second-order valence-electron chi connectivity index (χ2n) is 4.33. The Morgan fingerprint density at radius 3 is 2.67 bits per heavy atom. The van der Waals surface area contributed by atoms with Gasteiger partial charge in [-0.3, -0.25) is 9.52 Å². The highest BCUT2D eigenvalue weighted by Crippen LogP contribution is 2.23. The number of hydrogen-bond acceptors (Lipinski definition) is 4. The Morgan fingerprint density at radius 1 is 1.33 bits per heavy atom. The second kappa shape index (κ2) is 6.19. The summed E-state index contributed by atoms with van der Waals surface area (Å²) in [6, 6.07) is 7.78. The van der Waals surface area contributed by atoms with Crippen molar-refractivity contribution >= 4 is 33.2 Å². The van der Waals surface area contributed by atoms with Gasteiger partial charge in [0.05, 0.1) is 29.8 Å². The van der Waals surface area contributed by atoms with Crippen molar-refractivity contribution in [1.82, 2.24) is 5.32 Å². The first kappa shape index (κ1) is 15.4. The van der Waals surface area contributed by atoms with Crippen LogP contribution >= 0.6 is 11.6 Å². The summed E-state index contributed by atoms with van der Waals surface area (Å²) in [6.07, 6.45) is 2.54. The van der Waals surface area contributed by atoms with E-state index in [1.54, 1.807) is 12.1 Å². The third-order valence-corrected chi connectivity index (χ3v) is 3.43. The predicted molar refractivity (Wildman–Crippen MR) is 79.8 cm³/mol. The molecule has 2 N–H and O–H groups in total. The molecule has 0 unspecified atom stereocenters. The van der Waals surface area contributed by atoms with Gasteiger partial charge in [-0.15, -0.1) is 0 Å². The van der Waals surface area contributed by atoms with Crippen LogP contribution in [-0.2, 0) is 16.6 Å². The minimum Gasteiger partial charge on any atom is -0.467 e. The molecule has 112 valence electrons. The van der Waals surface area contributed by atoms with E-state index in [0.717, 1.165) is 6.26 Å². The molecule has 8 heteroatoms. The van der Waals surface area contributed by atoms with Crippen molar-refractivity contribution in [3.8, 4) is 0 Å². The number of furan rings is 1. The number of halogens is 1. The molecule has 1 heterocycles. The molecule has 21 heavy (non-hydrogen) atoms. The van der Waals surface area contributed by atoms with Crippen molar-refractivity contribution in [3.05, 3.63) is 52.9 Å². The fraction of sp³-hybridized carbons (Fsp3) is 0.154. The zero-order valence-electron chi connectivity index (χ0n) is 11.1. The lowest BCUT2D eigenvalue weighted by Crippen LogP contribution is -2.22. The van der Waals surface area contributed by atoms with Crippen molar-refractivity contribution in [2.75, 3.05) is 11.0 Å². The van der Waals surface area contributed by atoms with E-state index in [9.17, 15) is 13.2 Å². The minimum absolute atomic E-state index is 0.145. The van der Waals surface area contributed by atoms with E-state index in [2.05, 4.69) is 10.0 Å². The summed E-state index contributed by atoms with van der Waals surface area (Å²) in [4.78, 5) is 11.9. The minimum atomic E-state index is -3.42. The Kier molecular flexibility index (Phi) is 4.54. The Balaban J connectivity index is 2.07. The largest absolute Gasteiger partial charge is 0.467 e. The Morgan fingerprint density at radius 2 is 2.10 bits per heavy atom. The number of sulfonamides is 1. The number of rotatable bonds is 5. The monoisotopic (exact) mass is 328 g/mol. The molecule has 1 aromatic heterocycles. The summed E-state index contributed by atoms with van der Waals surface area (Å²) in [5.41, 5.74) is 0.548. The van der Waals surface area contributed by atoms with Crippen LogP contribution in [0, 0.1) is 0 Å². The Hall–Kier alpha value is -1.99. The lowest BCUT2D eigenvalue weighted by Gasteiger charge is -2.08. The van der Waals surface area contributed by atoms with Gasteiger partial charge in [0.25, 0.3) is 5.91 Å². The molecule has 0 saturated heterocycles. The zero-order chi connectivity index (χ0) is 15.5. The van der Waals surface area contributed by atoms with Gasteiger partial charge in [-0.25, -0.2) is 8.42 Å². The number of nitrogens with one attached hydrogen (secondary N) is 2. The van der Waals surface area contributed by atoms with Gasteiger partial charge in [-0.2, -0.15) is 0 Å². The van der Waals surface area contributed by atoms with Crippen molar-refractivity contribution in [2.45, 2.75) is 6.54 Å². The third kappa shape index (κ3) is 4.51. The number of amides is 1. The summed E-state index contributed by atoms with van der Waals surface area (Å²) in [7, 11) is -3.42. The van der Waals surface area contributed by atoms with Crippen LogP contribution in [0.2, 0.25) is 5.02 Å². The van der Waals surface area contributed by atoms with Gasteiger partial charge in [-0.05, 0) is 30.3 Å². The van der Waals surface area contributed by atoms with Gasteiger partial charge in [0.1, 0.15) is 5.76 Å². The van der Waals surface area contributed by atoms with Gasteiger partial charge >= 0.3 is 0 Å². The maximum absolute atomic E-state index is 11.9. The fourth-order valence-electron chi connectivity index (χ4n) is 1.62. The van der Waals surface area contributed by atoms with Crippen molar-refractivity contribution in [3.63, 3.8) is 0 Å². The van der Waals surface area contributed by atoms with Crippen LogP contribution in [-0.4, -0.2) is 20.6 Å². The maximum atomic E-state index is 11.9. The smallest absolute Gasteiger partial charge is 0.251 e. The van der Waals surface area contributed by atoms with Crippen molar-refractivity contribution in [2.24, 2.45) is 0 Å². The van der Waals surface area contributed by atoms with Gasteiger partial charge in [-0.1, -0.05) is 11.6 Å². The van der Waals surface area contributed by atoms with E-state index in [1.165, 1.54) is 24.5 Å². The number of anilines is 1. The topological polar surface area (TPSA) is 88.4 Å². The summed E-state index contributed by atoms with van der Waals surface area (Å²) < 4.78 is 29.7. The van der Waals surface area contributed by atoms with E-state index in [0.29, 0.717) is 11.3 Å². The summed E-state index contributed by atoms with van der Waals surface area (Å²) in [5.74, 6) is 0.295. The third-order valence-electron chi connectivity index (χ3n) is 2.53. The van der Waals surface area contributed by atoms with Crippen LogP contribution in [0.25, 0.3) is 0 Å². The second-order valence-corrected chi connectivity index (χ2v) is 6.49. The zero-order valence-corrected chi connectivity index (χ0v) is 12.7. The molecule has 6 nitrogen and oxygen atoms in total. The number of hydrogen-bond donors (Lipinski definition) is 2. The van der Waals surface area contributed by atoms with E-state index in [1.807, 2.05) is 0 Å². The highest BCUT2D eigenvalue weighted by Gasteiger charge is 2.11. The average Bonchev–Trinajstić information content (AvgIpc) is 2.90. The molecule has 2 aromatic rings. The lowest BCUT2D eigenvalue weighted by atomic mass is 10.2. The molecule has 0 aliphatic carbocycles. The maximum Gasteiger partial charge on any atom is 0.251 e. The van der Waals surface area contributed by atoms with Crippen LogP contribution < -0.4 is 10.0 Å². The van der Waals surface area contributed by atoms with Gasteiger partial charge in [0.2, 0.25) is 10.0 Å². The van der Waals surface area contributed by atoms with Gasteiger partial charge in [0.15, 0.2) is 0 Å². The van der Waals surface area contributed by atoms with Crippen LogP contribution in [0.1, 0.15) is 16.1 Å². The molecule has 2 rings (SSSR count). The van der Waals surface area contributed by atoms with Crippen LogP contribution in [0.4, 0.5) is 5.69 Å². The average molecular weight is 329 g/mol. The first-order chi connectivity index (χ1) is 9.85. The standard InChI is InChI=1S/C13H13ClN2O4S/c1-21(18,19)16-12-5-4-9(7-11(12)14)13(17)15-8-10-3-2-6-20-10/h2-7,16H,8H2,1H3,(H,15,17). The molecule has 1 aromatic carbocycles. The first-order valence-electron chi connectivity index (χ1n) is 5.93. The lowest BCUT2D eigenvalue weighted by molar-refractivity contribution is 0.0948. The van der Waals surface area contributed by atoms with Gasteiger partial charge in [0, 0.05) is 5.56 Å². The summed E-state index contributed by atoms with van der Waals surface area (Å²) >= 11 is 5.95. The van der Waals surface area contributed by atoms with E-state index < -0.39 is 10.0 Å². The van der Waals surface area contributed by atoms with Crippen LogP contribution in [0.3, 0.4) is 0 Å². The molecular formula is C13H13ClN2O4S.